The lowest BCUT2D eigenvalue weighted by Gasteiger charge is -2.08. The minimum atomic E-state index is -0.227. The second-order valence-corrected chi connectivity index (χ2v) is 3.86. The Bertz CT molecular complexity index is 506. The molecule has 0 fully saturated rings. The Labute approximate surface area is 98.7 Å². The molecule has 0 bridgehead atoms. The van der Waals surface area contributed by atoms with Gasteiger partial charge in [-0.1, -0.05) is 0 Å². The lowest BCUT2D eigenvalue weighted by atomic mass is 10.3. The van der Waals surface area contributed by atoms with Crippen LogP contribution in [-0.2, 0) is 0 Å². The van der Waals surface area contributed by atoms with Gasteiger partial charge in [-0.25, -0.2) is 9.97 Å². The van der Waals surface area contributed by atoms with Crippen LogP contribution in [0.2, 0.25) is 0 Å². The van der Waals surface area contributed by atoms with E-state index >= 15 is 0 Å². The highest BCUT2D eigenvalue weighted by molar-refractivity contribution is 5.92. The number of carbonyl (C=O) groups excluding carboxylic acids is 1. The zero-order valence-electron chi connectivity index (χ0n) is 9.66. The maximum Gasteiger partial charge on any atom is 0.271 e. The lowest BCUT2D eigenvalue weighted by Crippen LogP contribution is -2.31. The normalized spacial score (nSPS) is 10.5. The molecule has 17 heavy (non-hydrogen) atoms. The van der Waals surface area contributed by atoms with Crippen molar-refractivity contribution in [2.45, 2.75) is 19.9 Å². The van der Waals surface area contributed by atoms with Crippen LogP contribution in [0.25, 0.3) is 5.82 Å². The fraction of sp³-hybridized carbons (Fsp3) is 0.273. The van der Waals surface area contributed by atoms with E-state index in [0.717, 1.165) is 0 Å². The Hall–Kier alpha value is -2.24. The molecule has 0 unspecified atom stereocenters. The smallest absolute Gasteiger partial charge is 0.271 e. The molecular weight excluding hydrogens is 218 g/mol. The van der Waals surface area contributed by atoms with E-state index in [1.807, 2.05) is 13.8 Å². The third-order valence-electron chi connectivity index (χ3n) is 2.04. The highest BCUT2D eigenvalue weighted by Crippen LogP contribution is 2.03. The Kier molecular flexibility index (Phi) is 3.13. The van der Waals surface area contributed by atoms with E-state index < -0.39 is 0 Å². The standard InChI is InChI=1S/C11H13N5O/c1-8(2)14-11(17)9-5-13-6-10(15-9)16-4-3-12-7-16/h3-8H,1-2H3,(H,14,17). The van der Waals surface area contributed by atoms with E-state index in [2.05, 4.69) is 20.3 Å². The van der Waals surface area contributed by atoms with Crippen molar-refractivity contribution in [3.63, 3.8) is 0 Å². The molecule has 1 N–H and O–H groups in total. The Morgan fingerprint density at radius 1 is 1.35 bits per heavy atom. The summed E-state index contributed by atoms with van der Waals surface area (Å²) >= 11 is 0. The fourth-order valence-electron chi connectivity index (χ4n) is 1.32. The van der Waals surface area contributed by atoms with Crippen molar-refractivity contribution >= 4 is 5.91 Å². The first-order chi connectivity index (χ1) is 8.16. The summed E-state index contributed by atoms with van der Waals surface area (Å²) in [6.07, 6.45) is 8.01. The average molecular weight is 231 g/mol. The van der Waals surface area contributed by atoms with Crippen LogP contribution in [-0.4, -0.2) is 31.5 Å². The third-order valence-corrected chi connectivity index (χ3v) is 2.04. The van der Waals surface area contributed by atoms with Crippen molar-refractivity contribution in [1.82, 2.24) is 24.8 Å². The van der Waals surface area contributed by atoms with Gasteiger partial charge in [0, 0.05) is 18.4 Å². The molecule has 0 aliphatic heterocycles. The van der Waals surface area contributed by atoms with E-state index in [4.69, 9.17) is 0 Å². The number of nitrogens with zero attached hydrogens (tertiary/aromatic N) is 4. The Morgan fingerprint density at radius 3 is 2.82 bits per heavy atom. The summed E-state index contributed by atoms with van der Waals surface area (Å²) < 4.78 is 1.69. The Morgan fingerprint density at radius 2 is 2.18 bits per heavy atom. The summed E-state index contributed by atoms with van der Waals surface area (Å²) in [4.78, 5) is 23.9. The molecule has 0 aliphatic carbocycles. The number of rotatable bonds is 3. The molecular formula is C11H13N5O. The average Bonchev–Trinajstić information content (AvgIpc) is 2.82. The van der Waals surface area contributed by atoms with E-state index in [0.29, 0.717) is 11.5 Å². The van der Waals surface area contributed by atoms with Crippen LogP contribution in [0.15, 0.2) is 31.1 Å². The molecule has 0 saturated carbocycles. The van der Waals surface area contributed by atoms with E-state index in [1.165, 1.54) is 6.20 Å². The highest BCUT2D eigenvalue weighted by atomic mass is 16.1. The first kappa shape index (κ1) is 11.3. The van der Waals surface area contributed by atoms with Gasteiger partial charge in [-0.3, -0.25) is 14.3 Å². The number of carbonyl (C=O) groups is 1. The van der Waals surface area contributed by atoms with Gasteiger partial charge in [-0.15, -0.1) is 0 Å². The van der Waals surface area contributed by atoms with Gasteiger partial charge in [0.05, 0.1) is 12.4 Å². The van der Waals surface area contributed by atoms with Crippen LogP contribution < -0.4 is 5.32 Å². The van der Waals surface area contributed by atoms with Crippen molar-refractivity contribution in [1.29, 1.82) is 0 Å². The van der Waals surface area contributed by atoms with Gasteiger partial charge in [0.25, 0.3) is 5.91 Å². The molecule has 1 amide bonds. The van der Waals surface area contributed by atoms with Gasteiger partial charge in [0.1, 0.15) is 12.0 Å². The van der Waals surface area contributed by atoms with Crippen molar-refractivity contribution < 1.29 is 4.79 Å². The molecule has 0 atom stereocenters. The Balaban J connectivity index is 2.26. The number of hydrogen-bond acceptors (Lipinski definition) is 4. The van der Waals surface area contributed by atoms with Gasteiger partial charge in [-0.05, 0) is 13.8 Å². The SMILES string of the molecule is CC(C)NC(=O)c1cncc(-n2ccnc2)n1. The predicted molar refractivity (Wildman–Crippen MR) is 61.8 cm³/mol. The number of imidazole rings is 1. The van der Waals surface area contributed by atoms with Crippen LogP contribution in [0.3, 0.4) is 0 Å². The van der Waals surface area contributed by atoms with Crippen molar-refractivity contribution in [3.05, 3.63) is 36.8 Å². The third kappa shape index (κ3) is 2.66. The van der Waals surface area contributed by atoms with Crippen molar-refractivity contribution in [2.75, 3.05) is 0 Å². The first-order valence-electron chi connectivity index (χ1n) is 5.28. The van der Waals surface area contributed by atoms with Gasteiger partial charge >= 0.3 is 0 Å². The fourth-order valence-corrected chi connectivity index (χ4v) is 1.32. The second-order valence-electron chi connectivity index (χ2n) is 3.86. The molecule has 2 rings (SSSR count). The number of amides is 1. The van der Waals surface area contributed by atoms with Gasteiger partial charge in [0.15, 0.2) is 5.82 Å². The lowest BCUT2D eigenvalue weighted by molar-refractivity contribution is 0.0937. The zero-order valence-corrected chi connectivity index (χ0v) is 9.66. The van der Waals surface area contributed by atoms with Gasteiger partial charge in [0.2, 0.25) is 0 Å². The quantitative estimate of drug-likeness (QED) is 0.848. The van der Waals surface area contributed by atoms with E-state index in [9.17, 15) is 4.79 Å². The molecule has 0 saturated heterocycles. The molecule has 0 aromatic carbocycles. The summed E-state index contributed by atoms with van der Waals surface area (Å²) in [6.45, 7) is 3.79. The molecule has 0 radical (unpaired) electrons. The number of aromatic nitrogens is 4. The van der Waals surface area contributed by atoms with Gasteiger partial charge in [-0.2, -0.15) is 0 Å². The maximum atomic E-state index is 11.7. The number of hydrogen-bond donors (Lipinski definition) is 1. The van der Waals surface area contributed by atoms with Crippen molar-refractivity contribution in [2.24, 2.45) is 0 Å². The van der Waals surface area contributed by atoms with Crippen LogP contribution in [0, 0.1) is 0 Å². The van der Waals surface area contributed by atoms with E-state index in [-0.39, 0.29) is 11.9 Å². The van der Waals surface area contributed by atoms with Crippen LogP contribution in [0.4, 0.5) is 0 Å². The second kappa shape index (κ2) is 4.73. The summed E-state index contributed by atoms with van der Waals surface area (Å²) in [6, 6.07) is 0.0706. The predicted octanol–water partition coefficient (Wildman–Crippen LogP) is 0.800. The molecule has 2 aromatic rings. The monoisotopic (exact) mass is 231 g/mol. The highest BCUT2D eigenvalue weighted by Gasteiger charge is 2.10. The van der Waals surface area contributed by atoms with Gasteiger partial charge < -0.3 is 5.32 Å². The number of nitrogens with one attached hydrogen (secondary N) is 1. The summed E-state index contributed by atoms with van der Waals surface area (Å²) in [7, 11) is 0. The minimum absolute atomic E-state index is 0.0706. The minimum Gasteiger partial charge on any atom is -0.348 e. The molecule has 6 nitrogen and oxygen atoms in total. The van der Waals surface area contributed by atoms with Crippen LogP contribution in [0.1, 0.15) is 24.3 Å². The maximum absolute atomic E-state index is 11.7. The first-order valence-corrected chi connectivity index (χ1v) is 5.28. The molecule has 2 heterocycles. The van der Waals surface area contributed by atoms with Crippen LogP contribution >= 0.6 is 0 Å². The van der Waals surface area contributed by atoms with Crippen molar-refractivity contribution in [3.8, 4) is 5.82 Å². The topological polar surface area (TPSA) is 72.7 Å². The summed E-state index contributed by atoms with van der Waals surface area (Å²) in [5, 5.41) is 2.77. The molecule has 88 valence electrons. The molecule has 6 heteroatoms. The molecule has 2 aromatic heterocycles. The van der Waals surface area contributed by atoms with E-state index in [1.54, 1.807) is 29.5 Å². The summed E-state index contributed by atoms with van der Waals surface area (Å²) in [5.74, 6) is 0.341. The van der Waals surface area contributed by atoms with Crippen LogP contribution in [0.5, 0.6) is 0 Å². The molecule has 0 aliphatic rings. The largest absolute Gasteiger partial charge is 0.348 e. The summed E-state index contributed by atoms with van der Waals surface area (Å²) in [5.41, 5.74) is 0.296. The zero-order chi connectivity index (χ0) is 12.3. The molecule has 0 spiro atoms.